The van der Waals surface area contributed by atoms with Gasteiger partial charge in [-0.15, -0.1) is 12.4 Å². The minimum absolute atomic E-state index is 0. The topological polar surface area (TPSA) is 106 Å². The van der Waals surface area contributed by atoms with Crippen LogP contribution in [0.2, 0.25) is 0 Å². The SMILES string of the molecule is CN[C@@H](CC(C)C)C(=O)N1C[C@@H]2C[C@H](C1)c1cc(-c3cc(N)ncn3)cc(=O)n1C2.Cl. The predicted octanol–water partition coefficient (Wildman–Crippen LogP) is 1.89. The summed E-state index contributed by atoms with van der Waals surface area (Å²) in [6.07, 6.45) is 3.22. The first-order valence-electron chi connectivity index (χ1n) is 10.6. The summed E-state index contributed by atoms with van der Waals surface area (Å²) < 4.78 is 1.87. The molecule has 3 atom stereocenters. The fourth-order valence-corrected chi connectivity index (χ4v) is 4.85. The molecule has 0 saturated carbocycles. The third-order valence-corrected chi connectivity index (χ3v) is 6.21. The molecule has 2 aromatic heterocycles. The minimum atomic E-state index is -0.165. The average Bonchev–Trinajstić information content (AvgIpc) is 2.72. The van der Waals surface area contributed by atoms with E-state index in [4.69, 9.17) is 5.73 Å². The maximum atomic E-state index is 13.2. The van der Waals surface area contributed by atoms with Crippen LogP contribution >= 0.6 is 12.4 Å². The molecule has 0 aliphatic carbocycles. The molecular formula is C22H31ClN6O2. The third kappa shape index (κ3) is 4.75. The molecule has 2 aliphatic heterocycles. The Morgan fingerprint density at radius 2 is 2.00 bits per heavy atom. The highest BCUT2D eigenvalue weighted by Crippen LogP contribution is 2.36. The molecular weight excluding hydrogens is 416 g/mol. The van der Waals surface area contributed by atoms with E-state index in [1.54, 1.807) is 12.1 Å². The van der Waals surface area contributed by atoms with Gasteiger partial charge >= 0.3 is 0 Å². The highest BCUT2D eigenvalue weighted by molar-refractivity contribution is 5.85. The van der Waals surface area contributed by atoms with Gasteiger partial charge in [0.2, 0.25) is 5.91 Å². The highest BCUT2D eigenvalue weighted by atomic mass is 35.5. The zero-order chi connectivity index (χ0) is 21.4. The van der Waals surface area contributed by atoms with Gasteiger partial charge in [-0.05, 0) is 37.8 Å². The maximum absolute atomic E-state index is 13.2. The number of nitrogens with zero attached hydrogens (tertiary/aromatic N) is 4. The fourth-order valence-electron chi connectivity index (χ4n) is 4.85. The number of piperidine rings is 1. The van der Waals surface area contributed by atoms with E-state index in [1.165, 1.54) is 6.33 Å². The molecule has 0 unspecified atom stereocenters. The van der Waals surface area contributed by atoms with Gasteiger partial charge in [-0.3, -0.25) is 9.59 Å². The van der Waals surface area contributed by atoms with Crippen LogP contribution in [0.4, 0.5) is 5.82 Å². The number of nitrogens with two attached hydrogens (primary N) is 1. The second kappa shape index (κ2) is 9.36. The number of carbonyl (C=O) groups is 1. The first-order valence-corrected chi connectivity index (χ1v) is 10.6. The zero-order valence-electron chi connectivity index (χ0n) is 18.2. The van der Waals surface area contributed by atoms with Gasteiger partial charge in [-0.2, -0.15) is 0 Å². The molecule has 1 amide bonds. The quantitative estimate of drug-likeness (QED) is 0.726. The average molecular weight is 447 g/mol. The van der Waals surface area contributed by atoms with E-state index in [-0.39, 0.29) is 35.8 Å². The van der Waals surface area contributed by atoms with Crippen LogP contribution in [-0.2, 0) is 11.3 Å². The number of likely N-dealkylation sites (tertiary alicyclic amines) is 1. The van der Waals surface area contributed by atoms with E-state index in [1.807, 2.05) is 22.6 Å². The number of carbonyl (C=O) groups excluding carboxylic acids is 1. The summed E-state index contributed by atoms with van der Waals surface area (Å²) in [6, 6.07) is 5.16. The van der Waals surface area contributed by atoms with Crippen LogP contribution in [0, 0.1) is 11.8 Å². The molecule has 4 rings (SSSR count). The zero-order valence-corrected chi connectivity index (χ0v) is 19.1. The van der Waals surface area contributed by atoms with Crippen molar-refractivity contribution < 1.29 is 4.79 Å². The van der Waals surface area contributed by atoms with E-state index < -0.39 is 0 Å². The van der Waals surface area contributed by atoms with Gasteiger partial charge in [-0.25, -0.2) is 9.97 Å². The van der Waals surface area contributed by atoms with Crippen molar-refractivity contribution in [2.75, 3.05) is 25.9 Å². The first kappa shape index (κ1) is 23.2. The van der Waals surface area contributed by atoms with Crippen molar-refractivity contribution in [2.24, 2.45) is 11.8 Å². The number of amides is 1. The molecule has 1 saturated heterocycles. The van der Waals surface area contributed by atoms with Crippen molar-refractivity contribution in [3.63, 3.8) is 0 Å². The van der Waals surface area contributed by atoms with Crippen LogP contribution in [0.15, 0.2) is 29.3 Å². The summed E-state index contributed by atoms with van der Waals surface area (Å²) in [5.41, 5.74) is 8.13. The number of anilines is 1. The summed E-state index contributed by atoms with van der Waals surface area (Å²) in [6.45, 7) is 6.26. The largest absolute Gasteiger partial charge is 0.384 e. The number of aromatic nitrogens is 3. The molecule has 0 aromatic carbocycles. The molecule has 8 nitrogen and oxygen atoms in total. The Bertz CT molecular complexity index is 1010. The molecule has 1 fully saturated rings. The van der Waals surface area contributed by atoms with E-state index in [0.29, 0.717) is 43.0 Å². The molecule has 31 heavy (non-hydrogen) atoms. The van der Waals surface area contributed by atoms with Crippen molar-refractivity contribution in [1.82, 2.24) is 24.8 Å². The molecule has 3 N–H and O–H groups in total. The number of nitrogen functional groups attached to an aromatic ring is 1. The van der Waals surface area contributed by atoms with Crippen LogP contribution in [0.25, 0.3) is 11.3 Å². The number of halogens is 1. The molecule has 2 aromatic rings. The van der Waals surface area contributed by atoms with Crippen LogP contribution in [-0.4, -0.2) is 51.5 Å². The van der Waals surface area contributed by atoms with Gasteiger partial charge in [0.15, 0.2) is 0 Å². The Morgan fingerprint density at radius 3 is 2.68 bits per heavy atom. The summed E-state index contributed by atoms with van der Waals surface area (Å²) in [4.78, 5) is 36.2. The Kier molecular flexibility index (Phi) is 7.01. The lowest BCUT2D eigenvalue weighted by atomic mass is 9.82. The van der Waals surface area contributed by atoms with E-state index in [2.05, 4.69) is 29.1 Å². The molecule has 9 heteroatoms. The Labute approximate surface area is 188 Å². The Hall–Kier alpha value is -2.45. The number of fused-ring (bicyclic) bond motifs is 4. The van der Waals surface area contributed by atoms with E-state index in [9.17, 15) is 9.59 Å². The van der Waals surface area contributed by atoms with Gasteiger partial charge in [0.1, 0.15) is 12.1 Å². The van der Waals surface area contributed by atoms with Crippen molar-refractivity contribution in [2.45, 2.75) is 45.2 Å². The monoisotopic (exact) mass is 446 g/mol. The van der Waals surface area contributed by atoms with Gasteiger partial charge in [0, 0.05) is 48.9 Å². The molecule has 2 aliphatic rings. The lowest BCUT2D eigenvalue weighted by Crippen LogP contribution is -2.54. The van der Waals surface area contributed by atoms with Crippen LogP contribution in [0.1, 0.15) is 38.3 Å². The van der Waals surface area contributed by atoms with Crippen LogP contribution in [0.5, 0.6) is 0 Å². The van der Waals surface area contributed by atoms with Crippen molar-refractivity contribution in [3.8, 4) is 11.3 Å². The lowest BCUT2D eigenvalue weighted by Gasteiger charge is -2.44. The van der Waals surface area contributed by atoms with Gasteiger partial charge in [0.25, 0.3) is 5.56 Å². The summed E-state index contributed by atoms with van der Waals surface area (Å²) >= 11 is 0. The normalized spacial score (nSPS) is 20.7. The van der Waals surface area contributed by atoms with Gasteiger partial charge < -0.3 is 20.5 Å². The first-order chi connectivity index (χ1) is 14.4. The number of hydrogen-bond donors (Lipinski definition) is 2. The smallest absolute Gasteiger partial charge is 0.251 e. The Morgan fingerprint density at radius 1 is 1.23 bits per heavy atom. The van der Waals surface area contributed by atoms with Crippen LogP contribution < -0.4 is 16.6 Å². The molecule has 168 valence electrons. The summed E-state index contributed by atoms with van der Waals surface area (Å²) in [5, 5.41) is 3.19. The predicted molar refractivity (Wildman–Crippen MR) is 123 cm³/mol. The second-order valence-electron chi connectivity index (χ2n) is 8.96. The number of rotatable bonds is 5. The molecule has 0 radical (unpaired) electrons. The highest BCUT2D eigenvalue weighted by Gasteiger charge is 2.38. The van der Waals surface area contributed by atoms with Crippen molar-refractivity contribution >= 4 is 24.1 Å². The third-order valence-electron chi connectivity index (χ3n) is 6.21. The van der Waals surface area contributed by atoms with Gasteiger partial charge in [0.05, 0.1) is 11.7 Å². The van der Waals surface area contributed by atoms with E-state index in [0.717, 1.165) is 24.1 Å². The standard InChI is InChI=1S/C22H30N6O2.ClH/c1-13(2)4-18(24-3)22(30)27-9-14-5-16(11-27)19-6-15(7-21(29)28(19)10-14)17-8-20(23)26-12-25-17;/h6-8,12-14,16,18,24H,4-5,9-11H2,1-3H3,(H2,23,25,26);1H/t14-,16+,18-;/m0./s1. The number of hydrogen-bond acceptors (Lipinski definition) is 6. The summed E-state index contributed by atoms with van der Waals surface area (Å²) in [5.74, 6) is 1.42. The fraction of sp³-hybridized carbons (Fsp3) is 0.545. The van der Waals surface area contributed by atoms with E-state index >= 15 is 0 Å². The maximum Gasteiger partial charge on any atom is 0.251 e. The van der Waals surface area contributed by atoms with Gasteiger partial charge in [-0.1, -0.05) is 13.8 Å². The minimum Gasteiger partial charge on any atom is -0.384 e. The second-order valence-corrected chi connectivity index (χ2v) is 8.96. The molecule has 2 bridgehead atoms. The van der Waals surface area contributed by atoms with Crippen LogP contribution in [0.3, 0.4) is 0 Å². The van der Waals surface area contributed by atoms with Crippen molar-refractivity contribution in [3.05, 3.63) is 40.6 Å². The number of pyridine rings is 1. The molecule has 4 heterocycles. The number of nitrogens with one attached hydrogen (secondary N) is 1. The Balaban J connectivity index is 0.00000272. The molecule has 0 spiro atoms. The summed E-state index contributed by atoms with van der Waals surface area (Å²) in [7, 11) is 1.85. The lowest BCUT2D eigenvalue weighted by molar-refractivity contribution is -0.136. The van der Waals surface area contributed by atoms with Crippen molar-refractivity contribution in [1.29, 1.82) is 0 Å². The number of likely N-dealkylation sites (N-methyl/N-ethyl adjacent to an activating group) is 1.